The molecule has 0 amide bonds. The van der Waals surface area contributed by atoms with Crippen molar-refractivity contribution in [1.82, 2.24) is 4.57 Å². The molecule has 1 atom stereocenters. The first kappa shape index (κ1) is 12.2. The number of fused-ring (bicyclic) bond motifs is 1. The Bertz CT molecular complexity index is 574. The van der Waals surface area contributed by atoms with Gasteiger partial charge in [-0.3, -0.25) is 4.79 Å². The van der Waals surface area contributed by atoms with Crippen molar-refractivity contribution in [3.05, 3.63) is 34.4 Å². The van der Waals surface area contributed by atoms with Gasteiger partial charge in [-0.2, -0.15) is 0 Å². The van der Waals surface area contributed by atoms with Crippen LogP contribution in [0.25, 0.3) is 10.9 Å². The average molecular weight is 296 g/mol. The Morgan fingerprint density at radius 2 is 2.18 bits per heavy atom. The van der Waals surface area contributed by atoms with Gasteiger partial charge in [0, 0.05) is 34.5 Å². The highest BCUT2D eigenvalue weighted by Crippen LogP contribution is 2.24. The molecule has 2 rings (SSSR count). The van der Waals surface area contributed by atoms with E-state index >= 15 is 0 Å². The van der Waals surface area contributed by atoms with Crippen molar-refractivity contribution in [1.29, 1.82) is 0 Å². The van der Waals surface area contributed by atoms with Crippen LogP contribution in [0.15, 0.2) is 28.7 Å². The third-order valence-electron chi connectivity index (χ3n) is 3.04. The number of carbonyl (C=O) groups is 1. The van der Waals surface area contributed by atoms with Crippen LogP contribution in [0.2, 0.25) is 0 Å². The van der Waals surface area contributed by atoms with Crippen LogP contribution in [0.4, 0.5) is 0 Å². The fourth-order valence-electron chi connectivity index (χ4n) is 1.97. The number of carboxylic acids is 1. The van der Waals surface area contributed by atoms with E-state index in [4.69, 9.17) is 5.11 Å². The van der Waals surface area contributed by atoms with Gasteiger partial charge < -0.3 is 9.67 Å². The molecule has 0 saturated heterocycles. The Morgan fingerprint density at radius 1 is 1.47 bits per heavy atom. The lowest BCUT2D eigenvalue weighted by atomic mass is 10.1. The van der Waals surface area contributed by atoms with Gasteiger partial charge >= 0.3 is 5.97 Å². The van der Waals surface area contributed by atoms with Crippen molar-refractivity contribution in [2.75, 3.05) is 0 Å². The number of carboxylic acid groups (broad SMARTS) is 1. The maximum Gasteiger partial charge on any atom is 0.306 e. The van der Waals surface area contributed by atoms with Crippen LogP contribution in [-0.4, -0.2) is 15.6 Å². The lowest BCUT2D eigenvalue weighted by Gasteiger charge is -2.07. The highest BCUT2D eigenvalue weighted by Gasteiger charge is 2.15. The first-order valence-corrected chi connectivity index (χ1v) is 6.25. The number of aliphatic carboxylic acids is 1. The zero-order chi connectivity index (χ0) is 12.6. The van der Waals surface area contributed by atoms with E-state index in [0.29, 0.717) is 6.42 Å². The fourth-order valence-corrected chi connectivity index (χ4v) is 2.35. The SMILES string of the molecule is CC(Cc1cc2cc(Br)ccc2n1C)C(=O)O. The van der Waals surface area contributed by atoms with Crippen molar-refractivity contribution >= 4 is 32.8 Å². The second-order valence-corrected chi connectivity index (χ2v) is 5.26. The Hall–Kier alpha value is -1.29. The first-order valence-electron chi connectivity index (χ1n) is 5.45. The minimum Gasteiger partial charge on any atom is -0.481 e. The lowest BCUT2D eigenvalue weighted by Crippen LogP contribution is -2.13. The standard InChI is InChI=1S/C13H14BrNO2/c1-8(13(16)17)5-11-7-9-6-10(14)3-4-12(9)15(11)2/h3-4,6-8H,5H2,1-2H3,(H,16,17). The molecule has 0 radical (unpaired) electrons. The molecule has 0 aliphatic carbocycles. The summed E-state index contributed by atoms with van der Waals surface area (Å²) in [6.45, 7) is 1.73. The second-order valence-electron chi connectivity index (χ2n) is 4.34. The van der Waals surface area contributed by atoms with Gasteiger partial charge in [0.15, 0.2) is 0 Å². The van der Waals surface area contributed by atoms with E-state index in [2.05, 4.69) is 26.6 Å². The molecule has 0 aliphatic heterocycles. The topological polar surface area (TPSA) is 42.2 Å². The minimum absolute atomic E-state index is 0.360. The van der Waals surface area contributed by atoms with Gasteiger partial charge in [0.05, 0.1) is 5.92 Å². The van der Waals surface area contributed by atoms with Gasteiger partial charge in [0.1, 0.15) is 0 Å². The number of aromatic nitrogens is 1. The molecule has 0 bridgehead atoms. The molecule has 2 aromatic rings. The smallest absolute Gasteiger partial charge is 0.306 e. The van der Waals surface area contributed by atoms with E-state index in [-0.39, 0.29) is 5.92 Å². The predicted molar refractivity (Wildman–Crippen MR) is 71.1 cm³/mol. The molecular formula is C13H14BrNO2. The summed E-state index contributed by atoms with van der Waals surface area (Å²) in [5, 5.41) is 10.1. The number of halogens is 1. The zero-order valence-electron chi connectivity index (χ0n) is 9.77. The zero-order valence-corrected chi connectivity index (χ0v) is 11.4. The first-order chi connectivity index (χ1) is 7.99. The summed E-state index contributed by atoms with van der Waals surface area (Å²) < 4.78 is 3.09. The molecule has 1 aromatic heterocycles. The highest BCUT2D eigenvalue weighted by atomic mass is 79.9. The van der Waals surface area contributed by atoms with Crippen LogP contribution in [0.5, 0.6) is 0 Å². The van der Waals surface area contributed by atoms with Crippen LogP contribution in [-0.2, 0) is 18.3 Å². The van der Waals surface area contributed by atoms with Crippen LogP contribution in [0.3, 0.4) is 0 Å². The Labute approximate surface area is 108 Å². The Kier molecular flexibility index (Phi) is 3.24. The van der Waals surface area contributed by atoms with Crippen molar-refractivity contribution in [3.8, 4) is 0 Å². The molecule has 1 unspecified atom stereocenters. The van der Waals surface area contributed by atoms with E-state index in [1.807, 2.05) is 25.2 Å². The molecule has 4 heteroatoms. The summed E-state index contributed by atoms with van der Waals surface area (Å²) in [5.41, 5.74) is 2.17. The average Bonchev–Trinajstić information content (AvgIpc) is 2.55. The summed E-state index contributed by atoms with van der Waals surface area (Å²) in [5.74, 6) is -1.11. The molecule has 1 heterocycles. The molecule has 3 nitrogen and oxygen atoms in total. The number of aryl methyl sites for hydroxylation is 1. The summed E-state index contributed by atoms with van der Waals surface area (Å²) in [6, 6.07) is 8.13. The van der Waals surface area contributed by atoms with E-state index in [1.54, 1.807) is 6.92 Å². The molecule has 0 saturated carbocycles. The van der Waals surface area contributed by atoms with Crippen LogP contribution >= 0.6 is 15.9 Å². The fraction of sp³-hybridized carbons (Fsp3) is 0.308. The van der Waals surface area contributed by atoms with Gasteiger partial charge in [-0.05, 0) is 24.3 Å². The number of nitrogens with zero attached hydrogens (tertiary/aromatic N) is 1. The maximum atomic E-state index is 10.9. The van der Waals surface area contributed by atoms with Crippen molar-refractivity contribution in [2.45, 2.75) is 13.3 Å². The Balaban J connectivity index is 2.42. The van der Waals surface area contributed by atoms with Crippen molar-refractivity contribution < 1.29 is 9.90 Å². The largest absolute Gasteiger partial charge is 0.481 e. The molecular weight excluding hydrogens is 282 g/mol. The van der Waals surface area contributed by atoms with E-state index in [1.165, 1.54) is 0 Å². The summed E-state index contributed by atoms with van der Waals surface area (Å²) >= 11 is 3.44. The highest BCUT2D eigenvalue weighted by molar-refractivity contribution is 9.10. The van der Waals surface area contributed by atoms with Crippen LogP contribution in [0.1, 0.15) is 12.6 Å². The summed E-state index contributed by atoms with van der Waals surface area (Å²) in [4.78, 5) is 10.9. The minimum atomic E-state index is -0.753. The third kappa shape index (κ3) is 2.36. The summed E-state index contributed by atoms with van der Waals surface area (Å²) in [6.07, 6.45) is 0.554. The van der Waals surface area contributed by atoms with Gasteiger partial charge in [0.2, 0.25) is 0 Å². The van der Waals surface area contributed by atoms with Gasteiger partial charge in [0.25, 0.3) is 0 Å². The van der Waals surface area contributed by atoms with Gasteiger partial charge in [-0.25, -0.2) is 0 Å². The summed E-state index contributed by atoms with van der Waals surface area (Å²) in [7, 11) is 1.97. The molecule has 1 aromatic carbocycles. The number of rotatable bonds is 3. The Morgan fingerprint density at radius 3 is 2.82 bits per heavy atom. The number of benzene rings is 1. The predicted octanol–water partition coefficient (Wildman–Crippen LogP) is 3.20. The van der Waals surface area contributed by atoms with Crippen molar-refractivity contribution in [3.63, 3.8) is 0 Å². The van der Waals surface area contributed by atoms with E-state index in [0.717, 1.165) is 21.1 Å². The molecule has 0 aliphatic rings. The molecule has 1 N–H and O–H groups in total. The number of hydrogen-bond acceptors (Lipinski definition) is 1. The third-order valence-corrected chi connectivity index (χ3v) is 3.53. The van der Waals surface area contributed by atoms with Crippen molar-refractivity contribution in [2.24, 2.45) is 13.0 Å². The molecule has 90 valence electrons. The van der Waals surface area contributed by atoms with E-state index < -0.39 is 5.97 Å². The molecule has 0 fully saturated rings. The number of hydrogen-bond donors (Lipinski definition) is 1. The molecule has 0 spiro atoms. The maximum absolute atomic E-state index is 10.9. The van der Waals surface area contributed by atoms with Crippen LogP contribution in [0, 0.1) is 5.92 Å². The quantitative estimate of drug-likeness (QED) is 0.945. The van der Waals surface area contributed by atoms with E-state index in [9.17, 15) is 4.79 Å². The monoisotopic (exact) mass is 295 g/mol. The normalized spacial score (nSPS) is 12.9. The lowest BCUT2D eigenvalue weighted by molar-refractivity contribution is -0.141. The molecule has 17 heavy (non-hydrogen) atoms. The van der Waals surface area contributed by atoms with Crippen LogP contribution < -0.4 is 0 Å². The second kappa shape index (κ2) is 4.53. The van der Waals surface area contributed by atoms with Gasteiger partial charge in [-0.1, -0.05) is 22.9 Å². The van der Waals surface area contributed by atoms with Gasteiger partial charge in [-0.15, -0.1) is 0 Å².